The van der Waals surface area contributed by atoms with Gasteiger partial charge in [-0.15, -0.1) is 23.1 Å². The van der Waals surface area contributed by atoms with Crippen LogP contribution in [0.1, 0.15) is 12.6 Å². The number of nitrogen functional groups attached to an aromatic ring is 1. The van der Waals surface area contributed by atoms with Crippen LogP contribution in [0.3, 0.4) is 0 Å². The number of ether oxygens (including phenoxy) is 1. The highest BCUT2D eigenvalue weighted by molar-refractivity contribution is 8.00. The number of nitrogens with zero attached hydrogens (tertiary/aromatic N) is 3. The van der Waals surface area contributed by atoms with Crippen LogP contribution in [0.5, 0.6) is 0 Å². The molecule has 0 radical (unpaired) electrons. The van der Waals surface area contributed by atoms with Gasteiger partial charge in [-0.1, -0.05) is 5.16 Å². The standard InChI is InChI=1S/C16H17N5O7S2/c1-6(22)28-3-7-4-29-14-10(13(24)21(14)11(7)15(25)26)19-12(23)9(20-27-2)8-5-30-16(17)18-8/h3,5,10-11,14H,4H2,1-2H3,(H2,17,18)(H,19,23)(H,25,26)/b7-3-,20-9-/t10?,11?,14-/m1/s1. The number of hydrogen-bond acceptors (Lipinski definition) is 11. The minimum absolute atomic E-state index is 0.164. The van der Waals surface area contributed by atoms with E-state index in [2.05, 4.69) is 20.3 Å². The van der Waals surface area contributed by atoms with Crippen molar-refractivity contribution >= 4 is 57.7 Å². The summed E-state index contributed by atoms with van der Waals surface area (Å²) in [4.78, 5) is 57.8. The molecule has 0 bridgehead atoms. The summed E-state index contributed by atoms with van der Waals surface area (Å²) in [5, 5.41) is 16.9. The van der Waals surface area contributed by atoms with Gasteiger partial charge >= 0.3 is 11.9 Å². The lowest BCUT2D eigenvalue weighted by Gasteiger charge is -2.52. The summed E-state index contributed by atoms with van der Waals surface area (Å²) in [5.41, 5.74) is 5.87. The first-order valence-electron chi connectivity index (χ1n) is 8.40. The van der Waals surface area contributed by atoms with E-state index in [1.165, 1.54) is 31.2 Å². The van der Waals surface area contributed by atoms with Gasteiger partial charge in [-0.3, -0.25) is 14.4 Å². The van der Waals surface area contributed by atoms with Crippen molar-refractivity contribution in [3.05, 3.63) is 22.9 Å². The van der Waals surface area contributed by atoms with E-state index in [0.29, 0.717) is 0 Å². The van der Waals surface area contributed by atoms with Gasteiger partial charge in [-0.25, -0.2) is 9.78 Å². The van der Waals surface area contributed by atoms with Crippen molar-refractivity contribution < 1.29 is 33.9 Å². The predicted octanol–water partition coefficient (Wildman–Crippen LogP) is -0.624. The number of aromatic nitrogens is 1. The van der Waals surface area contributed by atoms with Gasteiger partial charge in [-0.2, -0.15) is 0 Å². The Balaban J connectivity index is 1.76. The summed E-state index contributed by atoms with van der Waals surface area (Å²) in [6, 6.07) is -2.25. The number of rotatable bonds is 6. The van der Waals surface area contributed by atoms with Crippen molar-refractivity contribution in [2.45, 2.75) is 24.4 Å². The van der Waals surface area contributed by atoms with Gasteiger partial charge in [0.2, 0.25) is 5.91 Å². The van der Waals surface area contributed by atoms with Crippen molar-refractivity contribution in [1.29, 1.82) is 0 Å². The average molecular weight is 455 g/mol. The molecular weight excluding hydrogens is 438 g/mol. The molecule has 0 aromatic carbocycles. The fraction of sp³-hybridized carbons (Fsp3) is 0.375. The molecule has 0 saturated carbocycles. The van der Waals surface area contributed by atoms with Gasteiger partial charge in [0.15, 0.2) is 16.9 Å². The Kier molecular flexibility index (Phi) is 6.26. The van der Waals surface area contributed by atoms with Gasteiger partial charge in [0, 0.05) is 23.6 Å². The Morgan fingerprint density at radius 1 is 1.47 bits per heavy atom. The minimum Gasteiger partial charge on any atom is -0.479 e. The van der Waals surface area contributed by atoms with Gasteiger partial charge in [0.1, 0.15) is 24.2 Å². The summed E-state index contributed by atoms with van der Waals surface area (Å²) in [6.07, 6.45) is 1.06. The number of carboxylic acid groups (broad SMARTS) is 1. The number of thiazole rings is 1. The molecule has 3 rings (SSSR count). The third-order valence-electron chi connectivity index (χ3n) is 4.19. The van der Waals surface area contributed by atoms with Crippen LogP contribution in [-0.4, -0.2) is 74.8 Å². The predicted molar refractivity (Wildman–Crippen MR) is 106 cm³/mol. The number of oxime groups is 1. The van der Waals surface area contributed by atoms with Crippen molar-refractivity contribution in [3.63, 3.8) is 0 Å². The van der Waals surface area contributed by atoms with E-state index in [9.17, 15) is 24.3 Å². The molecule has 12 nitrogen and oxygen atoms in total. The van der Waals surface area contributed by atoms with E-state index in [0.717, 1.165) is 22.5 Å². The summed E-state index contributed by atoms with van der Waals surface area (Å²) in [6.45, 7) is 1.18. The molecule has 0 spiro atoms. The number of β-lactam (4-membered cyclic amide) rings is 1. The molecule has 2 fully saturated rings. The van der Waals surface area contributed by atoms with Gasteiger partial charge < -0.3 is 30.6 Å². The molecule has 14 heteroatoms. The second kappa shape index (κ2) is 8.71. The summed E-state index contributed by atoms with van der Waals surface area (Å²) in [5.74, 6) is -2.97. The van der Waals surface area contributed by atoms with Crippen molar-refractivity contribution in [2.24, 2.45) is 5.16 Å². The number of fused-ring (bicyclic) bond motifs is 1. The SMILES string of the molecule is CO/N=C(\C(=O)NC1C(=O)N2C(C(=O)O)/C(=C\OC(C)=O)CS[C@H]12)c1csc(N)n1. The maximum absolute atomic E-state index is 12.7. The van der Waals surface area contributed by atoms with Gasteiger partial charge in [-0.05, 0) is 0 Å². The molecule has 2 saturated heterocycles. The second-order valence-corrected chi connectivity index (χ2v) is 8.13. The maximum atomic E-state index is 12.7. The molecule has 2 amide bonds. The number of esters is 1. The summed E-state index contributed by atoms with van der Waals surface area (Å²) in [7, 11) is 1.25. The van der Waals surface area contributed by atoms with E-state index < -0.39 is 41.2 Å². The molecule has 1 aromatic heterocycles. The summed E-state index contributed by atoms with van der Waals surface area (Å²) >= 11 is 2.34. The van der Waals surface area contributed by atoms with E-state index in [-0.39, 0.29) is 27.9 Å². The lowest BCUT2D eigenvalue weighted by Crippen LogP contribution is -2.75. The molecule has 1 aromatic rings. The first-order chi connectivity index (χ1) is 14.2. The first-order valence-corrected chi connectivity index (χ1v) is 10.3. The van der Waals surface area contributed by atoms with Crippen LogP contribution < -0.4 is 11.1 Å². The van der Waals surface area contributed by atoms with E-state index in [4.69, 9.17) is 10.5 Å². The fourth-order valence-electron chi connectivity index (χ4n) is 2.95. The van der Waals surface area contributed by atoms with Crippen molar-refractivity contribution in [3.8, 4) is 0 Å². The third-order valence-corrected chi connectivity index (χ3v) is 6.20. The molecule has 2 aliphatic rings. The number of nitrogens with one attached hydrogen (secondary N) is 1. The molecule has 30 heavy (non-hydrogen) atoms. The number of carbonyl (C=O) groups excluding carboxylic acids is 3. The second-order valence-electron chi connectivity index (χ2n) is 6.13. The third kappa shape index (κ3) is 4.09. The van der Waals surface area contributed by atoms with Gasteiger partial charge in [0.25, 0.3) is 5.91 Å². The number of aliphatic carboxylic acids is 1. The Morgan fingerprint density at radius 3 is 2.77 bits per heavy atom. The number of anilines is 1. The molecule has 4 N–H and O–H groups in total. The lowest BCUT2D eigenvalue weighted by molar-refractivity contribution is -0.160. The molecule has 2 unspecified atom stereocenters. The number of hydrogen-bond donors (Lipinski definition) is 3. The maximum Gasteiger partial charge on any atom is 0.330 e. The fourth-order valence-corrected chi connectivity index (χ4v) is 4.85. The summed E-state index contributed by atoms with van der Waals surface area (Å²) < 4.78 is 4.77. The highest BCUT2D eigenvalue weighted by atomic mass is 32.2. The number of carbonyl (C=O) groups is 4. The average Bonchev–Trinajstić information content (AvgIpc) is 3.13. The topological polar surface area (TPSA) is 174 Å². The Labute approximate surface area is 178 Å². The smallest absolute Gasteiger partial charge is 0.330 e. The van der Waals surface area contributed by atoms with E-state index >= 15 is 0 Å². The largest absolute Gasteiger partial charge is 0.479 e. The highest BCUT2D eigenvalue weighted by Gasteiger charge is 2.57. The zero-order valence-electron chi connectivity index (χ0n) is 15.7. The zero-order chi connectivity index (χ0) is 22.0. The Hall–Kier alpha value is -3.13. The number of thioether (sulfide) groups is 1. The Morgan fingerprint density at radius 2 is 2.20 bits per heavy atom. The quantitative estimate of drug-likeness (QED) is 0.165. The highest BCUT2D eigenvalue weighted by Crippen LogP contribution is 2.40. The van der Waals surface area contributed by atoms with E-state index in [1.807, 2.05) is 0 Å². The van der Waals surface area contributed by atoms with Crippen LogP contribution in [0.4, 0.5) is 5.13 Å². The van der Waals surface area contributed by atoms with Crippen LogP contribution in [0, 0.1) is 0 Å². The number of carboxylic acids is 1. The number of amides is 2. The normalized spacial score (nSPS) is 24.7. The van der Waals surface area contributed by atoms with Crippen LogP contribution in [0.15, 0.2) is 22.4 Å². The van der Waals surface area contributed by atoms with Crippen LogP contribution >= 0.6 is 23.1 Å². The van der Waals surface area contributed by atoms with Crippen molar-refractivity contribution in [1.82, 2.24) is 15.2 Å². The van der Waals surface area contributed by atoms with Crippen molar-refractivity contribution in [2.75, 3.05) is 18.6 Å². The Bertz CT molecular complexity index is 960. The molecule has 2 aliphatic heterocycles. The van der Waals surface area contributed by atoms with E-state index in [1.54, 1.807) is 0 Å². The van der Waals surface area contributed by atoms with Crippen LogP contribution in [0.2, 0.25) is 0 Å². The molecule has 0 aliphatic carbocycles. The minimum atomic E-state index is -1.29. The first kappa shape index (κ1) is 21.6. The monoisotopic (exact) mass is 455 g/mol. The molecule has 3 atom stereocenters. The van der Waals surface area contributed by atoms with Crippen LogP contribution in [-0.2, 0) is 28.8 Å². The molecule has 3 heterocycles. The molecule has 160 valence electrons. The lowest BCUT2D eigenvalue weighted by atomic mass is 9.98. The zero-order valence-corrected chi connectivity index (χ0v) is 17.4. The molecular formula is C16H17N5O7S2. The van der Waals surface area contributed by atoms with Crippen LogP contribution in [0.25, 0.3) is 0 Å². The van der Waals surface area contributed by atoms with Gasteiger partial charge in [0.05, 0.1) is 6.26 Å². The number of nitrogens with two attached hydrogens (primary N) is 1.